The highest BCUT2D eigenvalue weighted by molar-refractivity contribution is 9.10. The molecule has 0 aliphatic carbocycles. The van der Waals surface area contributed by atoms with Crippen LogP contribution in [0.3, 0.4) is 0 Å². The van der Waals surface area contributed by atoms with Crippen LogP contribution in [-0.2, 0) is 0 Å². The number of hydrogen-bond acceptors (Lipinski definition) is 4. The molecule has 2 rings (SSSR count). The van der Waals surface area contributed by atoms with Gasteiger partial charge in [0.25, 0.3) is 0 Å². The van der Waals surface area contributed by atoms with Crippen molar-refractivity contribution in [2.75, 3.05) is 7.11 Å². The van der Waals surface area contributed by atoms with Crippen LogP contribution in [0.5, 0.6) is 5.75 Å². The quantitative estimate of drug-likeness (QED) is 0.841. The van der Waals surface area contributed by atoms with Crippen molar-refractivity contribution in [1.29, 1.82) is 0 Å². The van der Waals surface area contributed by atoms with Crippen molar-refractivity contribution in [1.82, 2.24) is 10.2 Å². The zero-order chi connectivity index (χ0) is 10.8. The summed E-state index contributed by atoms with van der Waals surface area (Å²) < 4.78 is 11.3. The van der Waals surface area contributed by atoms with E-state index in [-0.39, 0.29) is 0 Å². The monoisotopic (exact) mass is 268 g/mol. The molecule has 1 aromatic heterocycles. The molecule has 5 heteroatoms. The van der Waals surface area contributed by atoms with Crippen molar-refractivity contribution in [2.24, 2.45) is 0 Å². The first-order valence-electron chi connectivity index (χ1n) is 4.34. The third kappa shape index (κ3) is 2.02. The maximum absolute atomic E-state index is 5.31. The van der Waals surface area contributed by atoms with E-state index < -0.39 is 0 Å². The fraction of sp³-hybridized carbons (Fsp3) is 0.200. The highest BCUT2D eigenvalue weighted by atomic mass is 79.9. The number of benzene rings is 1. The Morgan fingerprint density at radius 1 is 1.33 bits per heavy atom. The predicted octanol–water partition coefficient (Wildman–Crippen LogP) is 2.82. The fourth-order valence-corrected chi connectivity index (χ4v) is 1.75. The average molecular weight is 269 g/mol. The smallest absolute Gasteiger partial charge is 0.247 e. The van der Waals surface area contributed by atoms with E-state index in [1.807, 2.05) is 18.2 Å². The highest BCUT2D eigenvalue weighted by Gasteiger charge is 2.08. The maximum Gasteiger partial charge on any atom is 0.247 e. The van der Waals surface area contributed by atoms with Gasteiger partial charge in [0.1, 0.15) is 5.75 Å². The first-order chi connectivity index (χ1) is 7.20. The topological polar surface area (TPSA) is 48.2 Å². The normalized spacial score (nSPS) is 10.3. The summed E-state index contributed by atoms with van der Waals surface area (Å²) in [4.78, 5) is 0. The van der Waals surface area contributed by atoms with Crippen molar-refractivity contribution in [2.45, 2.75) is 6.92 Å². The van der Waals surface area contributed by atoms with Crippen LogP contribution in [0.4, 0.5) is 0 Å². The number of halogens is 1. The lowest BCUT2D eigenvalue weighted by Crippen LogP contribution is -1.85. The van der Waals surface area contributed by atoms with E-state index in [0.29, 0.717) is 11.8 Å². The van der Waals surface area contributed by atoms with Crippen molar-refractivity contribution in [3.63, 3.8) is 0 Å². The molecule has 0 spiro atoms. The first-order valence-corrected chi connectivity index (χ1v) is 5.14. The average Bonchev–Trinajstić information content (AvgIpc) is 2.65. The Morgan fingerprint density at radius 2 is 2.13 bits per heavy atom. The van der Waals surface area contributed by atoms with Crippen LogP contribution in [0.2, 0.25) is 0 Å². The van der Waals surface area contributed by atoms with Gasteiger partial charge in [0, 0.05) is 12.5 Å². The van der Waals surface area contributed by atoms with Crippen LogP contribution in [0.15, 0.2) is 27.1 Å². The molecular weight excluding hydrogens is 260 g/mol. The number of ether oxygens (including phenoxy) is 1. The Morgan fingerprint density at radius 3 is 2.67 bits per heavy atom. The molecule has 1 heterocycles. The Balaban J connectivity index is 2.42. The number of aromatic nitrogens is 2. The van der Waals surface area contributed by atoms with Gasteiger partial charge < -0.3 is 9.15 Å². The van der Waals surface area contributed by atoms with Gasteiger partial charge in [-0.15, -0.1) is 10.2 Å². The van der Waals surface area contributed by atoms with E-state index in [1.54, 1.807) is 14.0 Å². The summed E-state index contributed by atoms with van der Waals surface area (Å²) in [5.41, 5.74) is 0.864. The summed E-state index contributed by atoms with van der Waals surface area (Å²) in [6, 6.07) is 5.60. The molecule has 0 amide bonds. The van der Waals surface area contributed by atoms with E-state index in [4.69, 9.17) is 9.15 Å². The van der Waals surface area contributed by atoms with Gasteiger partial charge in [0.05, 0.1) is 11.6 Å². The van der Waals surface area contributed by atoms with Gasteiger partial charge in [0.15, 0.2) is 0 Å². The molecule has 78 valence electrons. The lowest BCUT2D eigenvalue weighted by Gasteiger charge is -2.03. The second kappa shape index (κ2) is 4.02. The molecule has 1 aromatic carbocycles. The van der Waals surface area contributed by atoms with Crippen LogP contribution < -0.4 is 4.74 Å². The number of aryl methyl sites for hydroxylation is 1. The highest BCUT2D eigenvalue weighted by Crippen LogP contribution is 2.29. The third-order valence-electron chi connectivity index (χ3n) is 1.92. The zero-order valence-electron chi connectivity index (χ0n) is 8.32. The molecule has 4 nitrogen and oxygen atoms in total. The van der Waals surface area contributed by atoms with Crippen LogP contribution in [0.25, 0.3) is 11.5 Å². The largest absolute Gasteiger partial charge is 0.496 e. The molecule has 0 saturated heterocycles. The molecule has 0 aliphatic heterocycles. The summed E-state index contributed by atoms with van der Waals surface area (Å²) in [5, 5.41) is 7.71. The minimum atomic E-state index is 0.510. The van der Waals surface area contributed by atoms with E-state index in [1.165, 1.54) is 0 Å². The number of nitrogens with zero attached hydrogens (tertiary/aromatic N) is 2. The van der Waals surface area contributed by atoms with Crippen LogP contribution in [0.1, 0.15) is 5.89 Å². The van der Waals surface area contributed by atoms with Gasteiger partial charge >= 0.3 is 0 Å². The Hall–Kier alpha value is -1.36. The molecular formula is C10H9BrN2O2. The first kappa shape index (κ1) is 10.2. The van der Waals surface area contributed by atoms with Gasteiger partial charge in [-0.3, -0.25) is 0 Å². The van der Waals surface area contributed by atoms with E-state index in [0.717, 1.165) is 15.8 Å². The Bertz CT molecular complexity index is 482. The van der Waals surface area contributed by atoms with Crippen molar-refractivity contribution in [3.8, 4) is 17.2 Å². The Kier molecular flexibility index (Phi) is 2.73. The van der Waals surface area contributed by atoms with Gasteiger partial charge in [-0.05, 0) is 34.1 Å². The molecule has 0 atom stereocenters. The molecule has 0 N–H and O–H groups in total. The molecule has 0 bridgehead atoms. The standard InChI is InChI=1S/C10H9BrN2O2/c1-6-12-13-10(15-6)7-3-4-9(14-2)8(11)5-7/h3-5H,1-2H3. The van der Waals surface area contributed by atoms with Crippen LogP contribution >= 0.6 is 15.9 Å². The fourth-order valence-electron chi connectivity index (χ4n) is 1.21. The van der Waals surface area contributed by atoms with Crippen molar-refractivity contribution >= 4 is 15.9 Å². The minimum Gasteiger partial charge on any atom is -0.496 e. The third-order valence-corrected chi connectivity index (χ3v) is 2.54. The van der Waals surface area contributed by atoms with E-state index in [9.17, 15) is 0 Å². The number of rotatable bonds is 2. The lowest BCUT2D eigenvalue weighted by molar-refractivity contribution is 0.412. The second-order valence-electron chi connectivity index (χ2n) is 2.98. The maximum atomic E-state index is 5.31. The minimum absolute atomic E-state index is 0.510. The van der Waals surface area contributed by atoms with E-state index >= 15 is 0 Å². The SMILES string of the molecule is COc1ccc(-c2nnc(C)o2)cc1Br. The molecule has 0 aliphatic rings. The molecule has 0 fully saturated rings. The second-order valence-corrected chi connectivity index (χ2v) is 3.83. The lowest BCUT2D eigenvalue weighted by atomic mass is 10.2. The molecule has 2 aromatic rings. The zero-order valence-corrected chi connectivity index (χ0v) is 9.91. The van der Waals surface area contributed by atoms with E-state index in [2.05, 4.69) is 26.1 Å². The summed E-state index contributed by atoms with van der Waals surface area (Å²) >= 11 is 3.40. The van der Waals surface area contributed by atoms with Crippen LogP contribution in [-0.4, -0.2) is 17.3 Å². The van der Waals surface area contributed by atoms with Crippen LogP contribution in [0, 0.1) is 6.92 Å². The van der Waals surface area contributed by atoms with Gasteiger partial charge in [-0.1, -0.05) is 0 Å². The van der Waals surface area contributed by atoms with Gasteiger partial charge in [-0.25, -0.2) is 0 Å². The summed E-state index contributed by atoms with van der Waals surface area (Å²) in [7, 11) is 1.62. The van der Waals surface area contributed by atoms with Crippen molar-refractivity contribution in [3.05, 3.63) is 28.6 Å². The molecule has 0 unspecified atom stereocenters. The number of methoxy groups -OCH3 is 1. The summed E-state index contributed by atoms with van der Waals surface area (Å²) in [5.74, 6) is 1.84. The summed E-state index contributed by atoms with van der Waals surface area (Å²) in [6.07, 6.45) is 0. The molecule has 0 saturated carbocycles. The Labute approximate surface area is 95.4 Å². The van der Waals surface area contributed by atoms with Crippen molar-refractivity contribution < 1.29 is 9.15 Å². The summed E-state index contributed by atoms with van der Waals surface area (Å²) in [6.45, 7) is 1.76. The molecule has 15 heavy (non-hydrogen) atoms. The van der Waals surface area contributed by atoms with Gasteiger partial charge in [0.2, 0.25) is 11.8 Å². The van der Waals surface area contributed by atoms with Gasteiger partial charge in [-0.2, -0.15) is 0 Å². The molecule has 0 radical (unpaired) electrons. The predicted molar refractivity (Wildman–Crippen MR) is 58.7 cm³/mol. The number of hydrogen-bond donors (Lipinski definition) is 0.